The quantitative estimate of drug-likeness (QED) is 0.386. The molecule has 9 heteroatoms. The van der Waals surface area contributed by atoms with Crippen molar-refractivity contribution in [3.8, 4) is 17.2 Å². The molecule has 3 N–H and O–H groups in total. The summed E-state index contributed by atoms with van der Waals surface area (Å²) in [5.74, 6) is 0.881. The molecule has 0 radical (unpaired) electrons. The summed E-state index contributed by atoms with van der Waals surface area (Å²) in [5.41, 5.74) is 6.82. The van der Waals surface area contributed by atoms with Crippen LogP contribution in [0.3, 0.4) is 0 Å². The number of primary amides is 1. The number of hydrogen-bond acceptors (Lipinski definition) is 7. The lowest BCUT2D eigenvalue weighted by molar-refractivity contribution is 0.0995. The molecule has 2 aromatic heterocycles. The van der Waals surface area contributed by atoms with E-state index in [4.69, 9.17) is 19.7 Å². The number of pyridine rings is 1. The zero-order chi connectivity index (χ0) is 23.7. The molecule has 0 fully saturated rings. The van der Waals surface area contributed by atoms with Crippen molar-refractivity contribution in [1.82, 2.24) is 10.1 Å². The highest BCUT2D eigenvalue weighted by molar-refractivity contribution is 6.06. The lowest BCUT2D eigenvalue weighted by Gasteiger charge is -2.12. The SMILES string of the molecule is COc1cc2nccc(Oc3ccc4cc(C(=O)Nc5ccon5)ccc4c3)c2cc1C(N)=O. The fourth-order valence-electron chi connectivity index (χ4n) is 3.62. The first-order valence-corrected chi connectivity index (χ1v) is 10.2. The van der Waals surface area contributed by atoms with Gasteiger partial charge in [-0.15, -0.1) is 0 Å². The van der Waals surface area contributed by atoms with E-state index in [1.165, 1.54) is 13.4 Å². The highest BCUT2D eigenvalue weighted by Crippen LogP contribution is 2.34. The molecule has 0 atom stereocenters. The van der Waals surface area contributed by atoms with E-state index in [1.807, 2.05) is 18.2 Å². The van der Waals surface area contributed by atoms with Crippen LogP contribution in [0.15, 0.2) is 77.6 Å². The summed E-state index contributed by atoms with van der Waals surface area (Å²) < 4.78 is 16.1. The van der Waals surface area contributed by atoms with E-state index in [0.717, 1.165) is 10.8 Å². The predicted octanol–water partition coefficient (Wildman–Crippen LogP) is 4.53. The monoisotopic (exact) mass is 454 g/mol. The van der Waals surface area contributed by atoms with E-state index >= 15 is 0 Å². The van der Waals surface area contributed by atoms with E-state index in [2.05, 4.69) is 15.5 Å². The molecule has 0 saturated heterocycles. The highest BCUT2D eigenvalue weighted by atomic mass is 16.5. The van der Waals surface area contributed by atoms with Crippen LogP contribution in [0, 0.1) is 0 Å². The number of ether oxygens (including phenoxy) is 2. The Bertz CT molecular complexity index is 1550. The van der Waals surface area contributed by atoms with E-state index in [0.29, 0.717) is 39.5 Å². The van der Waals surface area contributed by atoms with Crippen molar-refractivity contribution >= 4 is 39.3 Å². The third-order valence-corrected chi connectivity index (χ3v) is 5.27. The number of nitrogens with one attached hydrogen (secondary N) is 1. The molecule has 0 aliphatic heterocycles. The van der Waals surface area contributed by atoms with Crippen molar-refractivity contribution in [2.24, 2.45) is 5.73 Å². The van der Waals surface area contributed by atoms with Gasteiger partial charge in [0, 0.05) is 29.3 Å². The maximum absolute atomic E-state index is 12.4. The van der Waals surface area contributed by atoms with E-state index in [1.54, 1.807) is 48.7 Å². The minimum absolute atomic E-state index is 0.239. The molecule has 168 valence electrons. The highest BCUT2D eigenvalue weighted by Gasteiger charge is 2.15. The Morgan fingerprint density at radius 2 is 1.79 bits per heavy atom. The summed E-state index contributed by atoms with van der Waals surface area (Å²) in [4.78, 5) is 28.6. The van der Waals surface area contributed by atoms with Gasteiger partial charge in [-0.05, 0) is 47.2 Å². The first-order valence-electron chi connectivity index (χ1n) is 10.2. The predicted molar refractivity (Wildman–Crippen MR) is 125 cm³/mol. The number of carbonyl (C=O) groups excluding carboxylic acids is 2. The third-order valence-electron chi connectivity index (χ3n) is 5.27. The largest absolute Gasteiger partial charge is 0.496 e. The number of methoxy groups -OCH3 is 1. The van der Waals surface area contributed by atoms with Crippen molar-refractivity contribution in [3.05, 3.63) is 84.3 Å². The number of fused-ring (bicyclic) bond motifs is 2. The normalized spacial score (nSPS) is 10.9. The van der Waals surface area contributed by atoms with Crippen molar-refractivity contribution < 1.29 is 23.6 Å². The van der Waals surface area contributed by atoms with Crippen LogP contribution < -0.4 is 20.5 Å². The third kappa shape index (κ3) is 3.97. The molecule has 34 heavy (non-hydrogen) atoms. The Balaban J connectivity index is 1.45. The fraction of sp³-hybridized carbons (Fsp3) is 0.0400. The molecule has 0 bridgehead atoms. The van der Waals surface area contributed by atoms with Gasteiger partial charge >= 0.3 is 0 Å². The first-order chi connectivity index (χ1) is 16.5. The van der Waals surface area contributed by atoms with Gasteiger partial charge in [0.05, 0.1) is 18.2 Å². The van der Waals surface area contributed by atoms with Crippen LogP contribution in [0.2, 0.25) is 0 Å². The Labute approximate surface area is 193 Å². The average molecular weight is 454 g/mol. The van der Waals surface area contributed by atoms with Crippen molar-refractivity contribution in [2.45, 2.75) is 0 Å². The Hall–Kier alpha value is -4.92. The topological polar surface area (TPSA) is 130 Å². The van der Waals surface area contributed by atoms with Gasteiger partial charge in [0.15, 0.2) is 5.82 Å². The molecular formula is C25H18N4O5. The first kappa shape index (κ1) is 21.0. The molecular weight excluding hydrogens is 436 g/mol. The minimum atomic E-state index is -0.609. The van der Waals surface area contributed by atoms with Crippen molar-refractivity contribution in [1.29, 1.82) is 0 Å². The van der Waals surface area contributed by atoms with Crippen LogP contribution in [0.25, 0.3) is 21.7 Å². The molecule has 9 nitrogen and oxygen atoms in total. The molecule has 0 aliphatic carbocycles. The lowest BCUT2D eigenvalue weighted by Crippen LogP contribution is -2.12. The Morgan fingerprint density at radius 3 is 2.56 bits per heavy atom. The van der Waals surface area contributed by atoms with Gasteiger partial charge in [0.25, 0.3) is 11.8 Å². The van der Waals surface area contributed by atoms with Gasteiger partial charge in [-0.1, -0.05) is 17.3 Å². The van der Waals surface area contributed by atoms with Crippen LogP contribution in [0.5, 0.6) is 17.2 Å². The summed E-state index contributed by atoms with van der Waals surface area (Å²) >= 11 is 0. The number of aromatic nitrogens is 2. The molecule has 0 saturated carbocycles. The van der Waals surface area contributed by atoms with E-state index in [-0.39, 0.29) is 11.5 Å². The summed E-state index contributed by atoms with van der Waals surface area (Å²) in [7, 11) is 1.46. The molecule has 2 amide bonds. The number of nitrogens with zero attached hydrogens (tertiary/aromatic N) is 2. The molecule has 5 aromatic rings. The number of benzene rings is 3. The number of rotatable bonds is 6. The second-order valence-corrected chi connectivity index (χ2v) is 7.41. The van der Waals surface area contributed by atoms with E-state index in [9.17, 15) is 9.59 Å². The Morgan fingerprint density at radius 1 is 0.971 bits per heavy atom. The molecule has 0 aliphatic rings. The molecule has 0 unspecified atom stereocenters. The van der Waals surface area contributed by atoms with Gasteiger partial charge in [0.2, 0.25) is 0 Å². The second-order valence-electron chi connectivity index (χ2n) is 7.41. The standard InChI is InChI=1S/C25H18N4O5/c1-32-22-13-20-18(12-19(22)24(26)30)21(6-8-27-20)34-17-5-4-14-10-16(3-2-15(14)11-17)25(31)28-23-7-9-33-29-23/h2-13H,1H3,(H2,26,30)(H,28,29,31). The number of nitrogens with two attached hydrogens (primary N) is 1. The van der Waals surface area contributed by atoms with Crippen LogP contribution in [0.1, 0.15) is 20.7 Å². The fourth-order valence-corrected chi connectivity index (χ4v) is 3.62. The smallest absolute Gasteiger partial charge is 0.256 e. The lowest BCUT2D eigenvalue weighted by atomic mass is 10.1. The summed E-state index contributed by atoms with van der Waals surface area (Å²) in [6, 6.07) is 17.4. The van der Waals surface area contributed by atoms with Gasteiger partial charge in [-0.25, -0.2) is 0 Å². The summed E-state index contributed by atoms with van der Waals surface area (Å²) in [6.07, 6.45) is 3.00. The number of hydrogen-bond donors (Lipinski definition) is 2. The summed E-state index contributed by atoms with van der Waals surface area (Å²) in [5, 5.41) is 8.72. The van der Waals surface area contributed by atoms with Gasteiger partial charge in [-0.2, -0.15) is 0 Å². The zero-order valence-corrected chi connectivity index (χ0v) is 17.9. The number of carbonyl (C=O) groups is 2. The zero-order valence-electron chi connectivity index (χ0n) is 17.9. The van der Waals surface area contributed by atoms with Crippen LogP contribution in [-0.2, 0) is 0 Å². The van der Waals surface area contributed by atoms with E-state index < -0.39 is 5.91 Å². The van der Waals surface area contributed by atoms with Crippen LogP contribution in [0.4, 0.5) is 5.82 Å². The van der Waals surface area contributed by atoms with Crippen molar-refractivity contribution in [2.75, 3.05) is 12.4 Å². The average Bonchev–Trinajstić information content (AvgIpc) is 3.36. The van der Waals surface area contributed by atoms with Crippen molar-refractivity contribution in [3.63, 3.8) is 0 Å². The Kier molecular flexibility index (Phi) is 5.27. The number of amides is 2. The minimum Gasteiger partial charge on any atom is -0.496 e. The van der Waals surface area contributed by atoms with Gasteiger partial charge in [0.1, 0.15) is 23.5 Å². The molecule has 5 rings (SSSR count). The molecule has 3 aromatic carbocycles. The summed E-state index contributed by atoms with van der Waals surface area (Å²) in [6.45, 7) is 0. The number of anilines is 1. The van der Waals surface area contributed by atoms with Gasteiger partial charge < -0.3 is 25.0 Å². The molecule has 2 heterocycles. The molecule has 0 spiro atoms. The maximum Gasteiger partial charge on any atom is 0.256 e. The maximum atomic E-state index is 12.4. The van der Waals surface area contributed by atoms with Gasteiger partial charge in [-0.3, -0.25) is 14.6 Å². The van der Waals surface area contributed by atoms with Crippen LogP contribution in [-0.4, -0.2) is 29.1 Å². The second kappa shape index (κ2) is 8.55. The van der Waals surface area contributed by atoms with Crippen LogP contribution >= 0.6 is 0 Å².